The van der Waals surface area contributed by atoms with Crippen LogP contribution in [0.3, 0.4) is 0 Å². The smallest absolute Gasteiger partial charge is 0.0739 e. The van der Waals surface area contributed by atoms with Crippen molar-refractivity contribution in [2.24, 2.45) is 13.0 Å². The van der Waals surface area contributed by atoms with Crippen molar-refractivity contribution >= 4 is 27.5 Å². The molecule has 1 N–H and O–H groups in total. The van der Waals surface area contributed by atoms with Crippen LogP contribution in [0.15, 0.2) is 4.47 Å². The van der Waals surface area contributed by atoms with Crippen LogP contribution in [-0.4, -0.2) is 22.2 Å². The average molecular weight is 295 g/mol. The predicted molar refractivity (Wildman–Crippen MR) is 67.2 cm³/mol. The fourth-order valence-electron chi connectivity index (χ4n) is 1.36. The Hall–Kier alpha value is -0.0600. The first-order chi connectivity index (χ1) is 7.06. The molecule has 3 nitrogen and oxygen atoms in total. The molecule has 0 aromatic carbocycles. The molecule has 0 saturated heterocycles. The molecular formula is C10H17BrClN3. The summed E-state index contributed by atoms with van der Waals surface area (Å²) >= 11 is 9.27. The van der Waals surface area contributed by atoms with Crippen molar-refractivity contribution in [1.82, 2.24) is 15.1 Å². The molecule has 5 heteroatoms. The molecule has 1 unspecified atom stereocenters. The van der Waals surface area contributed by atoms with Crippen molar-refractivity contribution in [3.05, 3.63) is 15.9 Å². The number of halogens is 2. The van der Waals surface area contributed by atoms with Crippen molar-refractivity contribution < 1.29 is 0 Å². The molecule has 1 rings (SSSR count). The first kappa shape index (κ1) is 13.0. The molecule has 0 aliphatic rings. The number of nitrogens with one attached hydrogen (secondary N) is 1. The van der Waals surface area contributed by atoms with Crippen molar-refractivity contribution in [2.75, 3.05) is 12.4 Å². The largest absolute Gasteiger partial charge is 0.311 e. The standard InChI is InChI=1S/C10H17BrClN3/c1-7(4-12)5-13-6-9-10(11)8(2)14-15(9)3/h7,13H,4-6H2,1-3H3. The predicted octanol–water partition coefficient (Wildman–Crippen LogP) is 2.46. The second-order valence-corrected chi connectivity index (χ2v) is 4.96. The highest BCUT2D eigenvalue weighted by molar-refractivity contribution is 9.10. The first-order valence-corrected chi connectivity index (χ1v) is 6.33. The molecule has 1 aromatic rings. The van der Waals surface area contributed by atoms with E-state index in [4.69, 9.17) is 11.6 Å². The number of aromatic nitrogens is 2. The SMILES string of the molecule is Cc1nn(C)c(CNCC(C)CCl)c1Br. The van der Waals surface area contributed by atoms with Gasteiger partial charge in [-0.1, -0.05) is 6.92 Å². The van der Waals surface area contributed by atoms with E-state index in [1.54, 1.807) is 0 Å². The second-order valence-electron chi connectivity index (χ2n) is 3.86. The summed E-state index contributed by atoms with van der Waals surface area (Å²) < 4.78 is 2.99. The monoisotopic (exact) mass is 293 g/mol. The van der Waals surface area contributed by atoms with Crippen LogP contribution >= 0.6 is 27.5 Å². The number of aryl methyl sites for hydroxylation is 2. The van der Waals surface area contributed by atoms with Crippen LogP contribution in [-0.2, 0) is 13.6 Å². The zero-order valence-electron chi connectivity index (χ0n) is 9.35. The van der Waals surface area contributed by atoms with Gasteiger partial charge in [0.2, 0.25) is 0 Å². The van der Waals surface area contributed by atoms with Crippen molar-refractivity contribution in [3.8, 4) is 0 Å². The third kappa shape index (κ3) is 3.47. The number of rotatable bonds is 5. The van der Waals surface area contributed by atoms with Crippen LogP contribution in [0.2, 0.25) is 0 Å². The summed E-state index contributed by atoms with van der Waals surface area (Å²) in [6.07, 6.45) is 0. The Balaban J connectivity index is 2.50. The van der Waals surface area contributed by atoms with Gasteiger partial charge in [0.25, 0.3) is 0 Å². The van der Waals surface area contributed by atoms with E-state index in [9.17, 15) is 0 Å². The molecule has 1 heterocycles. The molecule has 0 bridgehead atoms. The van der Waals surface area contributed by atoms with Crippen molar-refractivity contribution in [1.29, 1.82) is 0 Å². The average Bonchev–Trinajstić information content (AvgIpc) is 2.44. The minimum atomic E-state index is 0.500. The van der Waals surface area contributed by atoms with E-state index in [0.717, 1.165) is 23.3 Å². The lowest BCUT2D eigenvalue weighted by Crippen LogP contribution is -2.23. The van der Waals surface area contributed by atoms with Gasteiger partial charge in [0, 0.05) is 19.5 Å². The maximum absolute atomic E-state index is 5.73. The molecule has 0 aliphatic carbocycles. The zero-order valence-corrected chi connectivity index (χ0v) is 11.7. The van der Waals surface area contributed by atoms with Gasteiger partial charge >= 0.3 is 0 Å². The van der Waals surface area contributed by atoms with Gasteiger partial charge in [-0.25, -0.2) is 0 Å². The van der Waals surface area contributed by atoms with Gasteiger partial charge in [0.15, 0.2) is 0 Å². The van der Waals surface area contributed by atoms with Crippen LogP contribution in [0.25, 0.3) is 0 Å². The fourth-order valence-corrected chi connectivity index (χ4v) is 1.95. The van der Waals surface area contributed by atoms with Gasteiger partial charge in [0.1, 0.15) is 0 Å². The van der Waals surface area contributed by atoms with Gasteiger partial charge in [0.05, 0.1) is 15.9 Å². The normalized spacial score (nSPS) is 13.1. The van der Waals surface area contributed by atoms with Crippen LogP contribution in [0.1, 0.15) is 18.3 Å². The van der Waals surface area contributed by atoms with Crippen LogP contribution in [0.4, 0.5) is 0 Å². The van der Waals surface area contributed by atoms with Gasteiger partial charge in [-0.15, -0.1) is 11.6 Å². The van der Waals surface area contributed by atoms with Gasteiger partial charge < -0.3 is 5.32 Å². The van der Waals surface area contributed by atoms with E-state index >= 15 is 0 Å². The van der Waals surface area contributed by atoms with E-state index in [0.29, 0.717) is 11.8 Å². The highest BCUT2D eigenvalue weighted by Gasteiger charge is 2.10. The molecule has 1 aromatic heterocycles. The molecular weight excluding hydrogens is 277 g/mol. The fraction of sp³-hybridized carbons (Fsp3) is 0.700. The van der Waals surface area contributed by atoms with Crippen molar-refractivity contribution in [3.63, 3.8) is 0 Å². The Morgan fingerprint density at radius 3 is 2.73 bits per heavy atom. The third-order valence-corrected chi connectivity index (χ3v) is 3.87. The topological polar surface area (TPSA) is 29.9 Å². The van der Waals surface area contributed by atoms with Gasteiger partial charge in [-0.2, -0.15) is 5.10 Å². The molecule has 1 atom stereocenters. The van der Waals surface area contributed by atoms with E-state index < -0.39 is 0 Å². The van der Waals surface area contributed by atoms with E-state index in [2.05, 4.69) is 33.3 Å². The molecule has 15 heavy (non-hydrogen) atoms. The molecule has 0 amide bonds. The Morgan fingerprint density at radius 2 is 2.27 bits per heavy atom. The molecule has 0 radical (unpaired) electrons. The maximum atomic E-state index is 5.73. The van der Waals surface area contributed by atoms with E-state index in [1.165, 1.54) is 5.69 Å². The van der Waals surface area contributed by atoms with E-state index in [1.807, 2.05) is 18.7 Å². The summed E-state index contributed by atoms with van der Waals surface area (Å²) in [5.41, 5.74) is 2.20. The Morgan fingerprint density at radius 1 is 1.60 bits per heavy atom. The highest BCUT2D eigenvalue weighted by atomic mass is 79.9. The van der Waals surface area contributed by atoms with Crippen LogP contribution in [0, 0.1) is 12.8 Å². The lowest BCUT2D eigenvalue weighted by molar-refractivity contribution is 0.539. The number of hydrogen-bond donors (Lipinski definition) is 1. The summed E-state index contributed by atoms with van der Waals surface area (Å²) in [5.74, 6) is 1.19. The first-order valence-electron chi connectivity index (χ1n) is 5.01. The molecule has 0 aliphatic heterocycles. The summed E-state index contributed by atoms with van der Waals surface area (Å²) in [5, 5.41) is 7.70. The van der Waals surface area contributed by atoms with Gasteiger partial charge in [-0.3, -0.25) is 4.68 Å². The maximum Gasteiger partial charge on any atom is 0.0739 e. The van der Waals surface area contributed by atoms with E-state index in [-0.39, 0.29) is 0 Å². The number of hydrogen-bond acceptors (Lipinski definition) is 2. The number of alkyl halides is 1. The highest BCUT2D eigenvalue weighted by Crippen LogP contribution is 2.19. The molecule has 0 fully saturated rings. The lowest BCUT2D eigenvalue weighted by Gasteiger charge is -2.09. The minimum absolute atomic E-state index is 0.500. The molecule has 86 valence electrons. The second kappa shape index (κ2) is 5.87. The number of nitrogens with zero attached hydrogens (tertiary/aromatic N) is 2. The lowest BCUT2D eigenvalue weighted by atomic mass is 10.2. The minimum Gasteiger partial charge on any atom is -0.311 e. The molecule has 0 saturated carbocycles. The van der Waals surface area contributed by atoms with Gasteiger partial charge in [-0.05, 0) is 35.3 Å². The summed E-state index contributed by atoms with van der Waals surface area (Å²) in [7, 11) is 1.96. The zero-order chi connectivity index (χ0) is 11.4. The third-order valence-electron chi connectivity index (χ3n) is 2.31. The Bertz CT molecular complexity index is 325. The Kier molecular flexibility index (Phi) is 5.09. The summed E-state index contributed by atoms with van der Waals surface area (Å²) in [6.45, 7) is 5.87. The summed E-state index contributed by atoms with van der Waals surface area (Å²) in [6, 6.07) is 0. The quantitative estimate of drug-likeness (QED) is 0.846. The summed E-state index contributed by atoms with van der Waals surface area (Å²) in [4.78, 5) is 0. The van der Waals surface area contributed by atoms with Crippen LogP contribution < -0.4 is 5.32 Å². The Labute approximate surface area is 104 Å². The van der Waals surface area contributed by atoms with Crippen molar-refractivity contribution in [2.45, 2.75) is 20.4 Å². The molecule has 0 spiro atoms. The van der Waals surface area contributed by atoms with Crippen LogP contribution in [0.5, 0.6) is 0 Å².